The molecule has 0 spiro atoms. The molecule has 7 nitrogen and oxygen atoms in total. The van der Waals surface area contributed by atoms with Crippen LogP contribution in [0, 0.1) is 13.8 Å². The Balaban J connectivity index is 0.00000264. The van der Waals surface area contributed by atoms with E-state index in [1.807, 2.05) is 38.9 Å². The highest BCUT2D eigenvalue weighted by molar-refractivity contribution is 14.0. The summed E-state index contributed by atoms with van der Waals surface area (Å²) in [6, 6.07) is 2.03. The number of nitrogens with zero attached hydrogens (tertiary/aromatic N) is 5. The van der Waals surface area contributed by atoms with Crippen molar-refractivity contribution in [3.63, 3.8) is 0 Å². The van der Waals surface area contributed by atoms with Gasteiger partial charge in [0.05, 0.1) is 13.1 Å². The summed E-state index contributed by atoms with van der Waals surface area (Å²) in [7, 11) is 3.88. The summed E-state index contributed by atoms with van der Waals surface area (Å²) in [4.78, 5) is 11.0. The van der Waals surface area contributed by atoms with E-state index >= 15 is 0 Å². The van der Waals surface area contributed by atoms with Crippen molar-refractivity contribution in [2.45, 2.75) is 33.9 Å². The van der Waals surface area contributed by atoms with Crippen LogP contribution in [0.3, 0.4) is 0 Å². The molecule has 0 radical (unpaired) electrons. The van der Waals surface area contributed by atoms with Crippen LogP contribution in [0.4, 0.5) is 0 Å². The lowest BCUT2D eigenvalue weighted by molar-refractivity contribution is 0.448. The molecule has 0 aliphatic heterocycles. The highest BCUT2D eigenvalue weighted by atomic mass is 127. The first kappa shape index (κ1) is 19.5. The second-order valence-corrected chi connectivity index (χ2v) is 5.26. The van der Waals surface area contributed by atoms with Crippen LogP contribution in [-0.4, -0.2) is 39.2 Å². The van der Waals surface area contributed by atoms with E-state index < -0.39 is 0 Å². The molecule has 2 aromatic rings. The van der Waals surface area contributed by atoms with Gasteiger partial charge in [-0.15, -0.1) is 24.0 Å². The largest absolute Gasteiger partial charge is 0.466 e. The van der Waals surface area contributed by atoms with Crippen LogP contribution in [0.2, 0.25) is 0 Å². The molecule has 0 amide bonds. The monoisotopic (exact) mass is 432 g/mol. The zero-order valence-corrected chi connectivity index (χ0v) is 16.7. The smallest absolute Gasteiger partial charge is 0.194 e. The number of furan rings is 1. The highest BCUT2D eigenvalue weighted by Gasteiger charge is 2.11. The van der Waals surface area contributed by atoms with Crippen LogP contribution in [0.5, 0.6) is 0 Å². The van der Waals surface area contributed by atoms with Gasteiger partial charge >= 0.3 is 0 Å². The Bertz CT molecular complexity index is 648. The predicted molar refractivity (Wildman–Crippen MR) is 101 cm³/mol. The maximum atomic E-state index is 5.54. The molecule has 8 heteroatoms. The van der Waals surface area contributed by atoms with Crippen LogP contribution in [0.15, 0.2) is 21.8 Å². The van der Waals surface area contributed by atoms with E-state index in [4.69, 9.17) is 4.42 Å². The van der Waals surface area contributed by atoms with Crippen molar-refractivity contribution in [3.05, 3.63) is 35.3 Å². The van der Waals surface area contributed by atoms with E-state index in [1.165, 1.54) is 0 Å². The molecule has 0 fully saturated rings. The highest BCUT2D eigenvalue weighted by Crippen LogP contribution is 2.14. The Kier molecular flexibility index (Phi) is 7.53. The standard InChI is InChI=1S/C15H24N6O.HI/c1-6-16-15(17-8-13-7-11(2)22-12(13)3)20(4)9-14-18-10-19-21(14)5;/h7,10H,6,8-9H2,1-5H3,(H,16,17);1H. The Morgan fingerprint density at radius 1 is 1.43 bits per heavy atom. The minimum absolute atomic E-state index is 0. The molecule has 23 heavy (non-hydrogen) atoms. The Morgan fingerprint density at radius 2 is 2.17 bits per heavy atom. The molecule has 0 saturated heterocycles. The molecule has 2 aromatic heterocycles. The fourth-order valence-corrected chi connectivity index (χ4v) is 2.22. The summed E-state index contributed by atoms with van der Waals surface area (Å²) in [5, 5.41) is 7.39. The molecule has 0 bridgehead atoms. The zero-order valence-electron chi connectivity index (χ0n) is 14.3. The summed E-state index contributed by atoms with van der Waals surface area (Å²) >= 11 is 0. The predicted octanol–water partition coefficient (Wildman–Crippen LogP) is 2.24. The number of hydrogen-bond acceptors (Lipinski definition) is 4. The molecular weight excluding hydrogens is 407 g/mol. The van der Waals surface area contributed by atoms with Crippen molar-refractivity contribution in [1.82, 2.24) is 25.0 Å². The minimum Gasteiger partial charge on any atom is -0.466 e. The topological polar surface area (TPSA) is 71.5 Å². The van der Waals surface area contributed by atoms with Gasteiger partial charge in [-0.25, -0.2) is 9.98 Å². The molecule has 2 heterocycles. The number of halogens is 1. The Labute approximate surface area is 154 Å². The average Bonchev–Trinajstić information content (AvgIpc) is 3.00. The summed E-state index contributed by atoms with van der Waals surface area (Å²) in [6.45, 7) is 8.02. The first-order valence-electron chi connectivity index (χ1n) is 7.39. The molecule has 0 aliphatic rings. The van der Waals surface area contributed by atoms with Crippen molar-refractivity contribution >= 4 is 29.9 Å². The number of hydrogen-bond donors (Lipinski definition) is 1. The third-order valence-electron chi connectivity index (χ3n) is 3.42. The lowest BCUT2D eigenvalue weighted by atomic mass is 10.2. The molecule has 0 atom stereocenters. The molecule has 0 saturated carbocycles. The average molecular weight is 432 g/mol. The van der Waals surface area contributed by atoms with Gasteiger partial charge in [-0.1, -0.05) is 0 Å². The summed E-state index contributed by atoms with van der Waals surface area (Å²) < 4.78 is 7.31. The van der Waals surface area contributed by atoms with Crippen LogP contribution in [-0.2, 0) is 20.1 Å². The quantitative estimate of drug-likeness (QED) is 0.446. The Hall–Kier alpha value is -1.58. The summed E-state index contributed by atoms with van der Waals surface area (Å²) in [6.07, 6.45) is 1.56. The summed E-state index contributed by atoms with van der Waals surface area (Å²) in [5.74, 6) is 3.57. The number of nitrogens with one attached hydrogen (secondary N) is 1. The van der Waals surface area contributed by atoms with E-state index in [9.17, 15) is 0 Å². The van der Waals surface area contributed by atoms with E-state index in [0.717, 1.165) is 35.4 Å². The Morgan fingerprint density at radius 3 is 2.70 bits per heavy atom. The first-order valence-corrected chi connectivity index (χ1v) is 7.39. The van der Waals surface area contributed by atoms with Gasteiger partial charge < -0.3 is 14.6 Å². The van der Waals surface area contributed by atoms with E-state index in [1.54, 1.807) is 11.0 Å². The van der Waals surface area contributed by atoms with Crippen LogP contribution in [0.1, 0.15) is 29.8 Å². The lowest BCUT2D eigenvalue weighted by Gasteiger charge is -2.21. The minimum atomic E-state index is 0. The van der Waals surface area contributed by atoms with Crippen LogP contribution < -0.4 is 5.32 Å². The third kappa shape index (κ3) is 5.22. The number of aliphatic imine (C=N–C) groups is 1. The number of rotatable bonds is 5. The maximum Gasteiger partial charge on any atom is 0.194 e. The molecule has 128 valence electrons. The normalized spacial score (nSPS) is 11.3. The van der Waals surface area contributed by atoms with Crippen molar-refractivity contribution in [3.8, 4) is 0 Å². The van der Waals surface area contributed by atoms with Gasteiger partial charge in [0.25, 0.3) is 0 Å². The summed E-state index contributed by atoms with van der Waals surface area (Å²) in [5.41, 5.74) is 1.11. The second-order valence-electron chi connectivity index (χ2n) is 5.26. The van der Waals surface area contributed by atoms with Gasteiger partial charge in [-0.2, -0.15) is 5.10 Å². The SMILES string of the molecule is CCNC(=NCc1cc(C)oc1C)N(C)Cc1ncnn1C.I. The second kappa shape index (κ2) is 8.90. The fraction of sp³-hybridized carbons (Fsp3) is 0.533. The fourth-order valence-electron chi connectivity index (χ4n) is 2.22. The molecule has 0 aromatic carbocycles. The van der Waals surface area contributed by atoms with E-state index in [-0.39, 0.29) is 24.0 Å². The van der Waals surface area contributed by atoms with E-state index in [2.05, 4.69) is 27.3 Å². The first-order chi connectivity index (χ1) is 10.5. The van der Waals surface area contributed by atoms with Crippen molar-refractivity contribution in [2.24, 2.45) is 12.0 Å². The van der Waals surface area contributed by atoms with E-state index in [0.29, 0.717) is 13.1 Å². The molecule has 0 unspecified atom stereocenters. The van der Waals surface area contributed by atoms with Gasteiger partial charge in [0.15, 0.2) is 5.96 Å². The van der Waals surface area contributed by atoms with Crippen molar-refractivity contribution in [2.75, 3.05) is 13.6 Å². The molecule has 1 N–H and O–H groups in total. The van der Waals surface area contributed by atoms with Crippen LogP contribution in [0.25, 0.3) is 0 Å². The zero-order chi connectivity index (χ0) is 16.1. The molecular formula is C15H25IN6O. The van der Waals surface area contributed by atoms with Gasteiger partial charge in [0.2, 0.25) is 0 Å². The van der Waals surface area contributed by atoms with Crippen LogP contribution >= 0.6 is 24.0 Å². The molecule has 2 rings (SSSR count). The van der Waals surface area contributed by atoms with Gasteiger partial charge in [-0.3, -0.25) is 4.68 Å². The number of aryl methyl sites for hydroxylation is 3. The van der Waals surface area contributed by atoms with Gasteiger partial charge in [-0.05, 0) is 26.8 Å². The van der Waals surface area contributed by atoms with Gasteiger partial charge in [0.1, 0.15) is 23.7 Å². The lowest BCUT2D eigenvalue weighted by Crippen LogP contribution is -2.39. The third-order valence-corrected chi connectivity index (χ3v) is 3.42. The maximum absolute atomic E-state index is 5.54. The number of aromatic nitrogens is 3. The number of guanidine groups is 1. The van der Waals surface area contributed by atoms with Gasteiger partial charge in [0, 0.05) is 26.2 Å². The van der Waals surface area contributed by atoms with Crippen molar-refractivity contribution in [1.29, 1.82) is 0 Å². The van der Waals surface area contributed by atoms with Crippen molar-refractivity contribution < 1.29 is 4.42 Å². The molecule has 0 aliphatic carbocycles.